The second kappa shape index (κ2) is 6.12. The average Bonchev–Trinajstić information content (AvgIpc) is 2.40. The zero-order valence-corrected chi connectivity index (χ0v) is 11.0. The van der Waals surface area contributed by atoms with E-state index >= 15 is 0 Å². The van der Waals surface area contributed by atoms with Gasteiger partial charge in [0.2, 0.25) is 0 Å². The summed E-state index contributed by atoms with van der Waals surface area (Å²) in [4.78, 5) is 1.30. The molecule has 0 saturated heterocycles. The van der Waals surface area contributed by atoms with Gasteiger partial charge in [-0.2, -0.15) is 0 Å². The minimum Gasteiger partial charge on any atom is -0.501 e. The Kier molecular flexibility index (Phi) is 4.51. The molecule has 17 heavy (non-hydrogen) atoms. The first kappa shape index (κ1) is 12.5. The van der Waals surface area contributed by atoms with E-state index in [-0.39, 0.29) is 6.04 Å². The lowest BCUT2D eigenvalue weighted by Gasteiger charge is -2.20. The second-order valence-electron chi connectivity index (χ2n) is 4.15. The molecule has 2 nitrogen and oxygen atoms in total. The summed E-state index contributed by atoms with van der Waals surface area (Å²) in [7, 11) is 0. The van der Waals surface area contributed by atoms with E-state index in [1.807, 2.05) is 18.0 Å². The van der Waals surface area contributed by atoms with Crippen molar-refractivity contribution in [3.05, 3.63) is 41.7 Å². The summed E-state index contributed by atoms with van der Waals surface area (Å²) < 4.78 is 5.34. The first-order chi connectivity index (χ1) is 8.31. The van der Waals surface area contributed by atoms with Crippen LogP contribution in [0.2, 0.25) is 0 Å². The summed E-state index contributed by atoms with van der Waals surface area (Å²) >= 11 is 1.85. The Morgan fingerprint density at radius 1 is 1.35 bits per heavy atom. The molecule has 2 N–H and O–H groups in total. The highest BCUT2D eigenvalue weighted by Gasteiger charge is 2.14. The van der Waals surface area contributed by atoms with Crippen LogP contribution in [0.3, 0.4) is 0 Å². The van der Waals surface area contributed by atoms with Gasteiger partial charge in [-0.15, -0.1) is 11.8 Å². The molecule has 3 heteroatoms. The zero-order valence-electron chi connectivity index (χ0n) is 10.2. The minimum atomic E-state index is -0.0176. The number of rotatable bonds is 4. The second-order valence-corrected chi connectivity index (χ2v) is 5.48. The molecule has 1 aromatic carbocycles. The third-order valence-corrected chi connectivity index (χ3v) is 3.81. The molecule has 0 saturated carbocycles. The van der Waals surface area contributed by atoms with E-state index in [0.29, 0.717) is 0 Å². The van der Waals surface area contributed by atoms with Crippen LogP contribution < -0.4 is 5.73 Å². The lowest BCUT2D eigenvalue weighted by Crippen LogP contribution is -2.16. The molecule has 92 valence electrons. The van der Waals surface area contributed by atoms with Crippen molar-refractivity contribution in [2.75, 3.05) is 12.4 Å². The van der Waals surface area contributed by atoms with Gasteiger partial charge in [0, 0.05) is 4.90 Å². The highest BCUT2D eigenvalue weighted by atomic mass is 32.2. The smallest absolute Gasteiger partial charge is 0.0876 e. The molecular weight excluding hydrogens is 230 g/mol. The van der Waals surface area contributed by atoms with Gasteiger partial charge in [0.05, 0.1) is 18.9 Å². The van der Waals surface area contributed by atoms with Gasteiger partial charge >= 0.3 is 0 Å². The summed E-state index contributed by atoms with van der Waals surface area (Å²) in [5.74, 6) is 1.10. The quantitative estimate of drug-likeness (QED) is 0.830. The maximum Gasteiger partial charge on any atom is 0.0876 e. The first-order valence-corrected chi connectivity index (χ1v) is 7.08. The molecule has 0 aromatic heterocycles. The molecule has 0 radical (unpaired) electrons. The van der Waals surface area contributed by atoms with Crippen LogP contribution in [0.25, 0.3) is 0 Å². The fourth-order valence-corrected chi connectivity index (χ4v) is 2.63. The van der Waals surface area contributed by atoms with E-state index in [4.69, 9.17) is 10.5 Å². The number of ether oxygens (including phenoxy) is 1. The fourth-order valence-electron chi connectivity index (χ4n) is 1.97. The van der Waals surface area contributed by atoms with Gasteiger partial charge in [0.25, 0.3) is 0 Å². The molecule has 0 bridgehead atoms. The van der Waals surface area contributed by atoms with Gasteiger partial charge in [-0.1, -0.05) is 19.1 Å². The highest BCUT2D eigenvalue weighted by Crippen LogP contribution is 2.27. The summed E-state index contributed by atoms with van der Waals surface area (Å²) in [6.45, 7) is 2.98. The molecule has 0 fully saturated rings. The predicted octanol–water partition coefficient (Wildman–Crippen LogP) is 3.49. The zero-order chi connectivity index (χ0) is 12.1. The summed E-state index contributed by atoms with van der Waals surface area (Å²) in [6.07, 6.45) is 3.96. The molecule has 1 atom stereocenters. The Morgan fingerprint density at radius 3 is 2.71 bits per heavy atom. The van der Waals surface area contributed by atoms with Gasteiger partial charge < -0.3 is 10.5 Å². The summed E-state index contributed by atoms with van der Waals surface area (Å²) in [6, 6.07) is 8.52. The Morgan fingerprint density at radius 2 is 2.12 bits per heavy atom. The van der Waals surface area contributed by atoms with Crippen molar-refractivity contribution < 1.29 is 4.74 Å². The minimum absolute atomic E-state index is 0.0176. The van der Waals surface area contributed by atoms with Crippen LogP contribution in [0.1, 0.15) is 31.4 Å². The molecule has 0 amide bonds. The standard InChI is InChI=1S/C14H19NOS/c1-2-17-13-7-5-11(6-8-13)14(15)12-4-3-9-16-10-12/h5-8,10,14H,2-4,9,15H2,1H3. The van der Waals surface area contributed by atoms with Crippen molar-refractivity contribution in [2.45, 2.75) is 30.7 Å². The van der Waals surface area contributed by atoms with Crippen LogP contribution in [0.4, 0.5) is 0 Å². The molecule has 1 heterocycles. The van der Waals surface area contributed by atoms with Crippen LogP contribution in [-0.2, 0) is 4.74 Å². The predicted molar refractivity (Wildman–Crippen MR) is 73.0 cm³/mol. The van der Waals surface area contributed by atoms with E-state index in [9.17, 15) is 0 Å². The molecule has 1 aromatic rings. The Labute approximate surface area is 107 Å². The van der Waals surface area contributed by atoms with Crippen LogP contribution in [0.15, 0.2) is 41.0 Å². The average molecular weight is 249 g/mol. The Balaban J connectivity index is 2.08. The van der Waals surface area contributed by atoms with Gasteiger partial charge in [-0.25, -0.2) is 0 Å². The van der Waals surface area contributed by atoms with Gasteiger partial charge in [-0.05, 0) is 41.9 Å². The molecule has 1 aliphatic heterocycles. The van der Waals surface area contributed by atoms with Crippen molar-refractivity contribution in [3.8, 4) is 0 Å². The van der Waals surface area contributed by atoms with Crippen LogP contribution in [0.5, 0.6) is 0 Å². The van der Waals surface area contributed by atoms with Gasteiger partial charge in [0.1, 0.15) is 0 Å². The van der Waals surface area contributed by atoms with Crippen molar-refractivity contribution >= 4 is 11.8 Å². The van der Waals surface area contributed by atoms with Crippen LogP contribution >= 0.6 is 11.8 Å². The molecule has 1 unspecified atom stereocenters. The normalized spacial score (nSPS) is 17.2. The van der Waals surface area contributed by atoms with Gasteiger partial charge in [-0.3, -0.25) is 0 Å². The summed E-state index contributed by atoms with van der Waals surface area (Å²) in [5, 5.41) is 0. The van der Waals surface area contributed by atoms with E-state index in [1.165, 1.54) is 16.0 Å². The topological polar surface area (TPSA) is 35.2 Å². The molecular formula is C14H19NOS. The van der Waals surface area contributed by atoms with Crippen molar-refractivity contribution in [3.63, 3.8) is 0 Å². The van der Waals surface area contributed by atoms with E-state index in [0.717, 1.165) is 25.2 Å². The number of thioether (sulfide) groups is 1. The van der Waals surface area contributed by atoms with Crippen LogP contribution in [0, 0.1) is 0 Å². The molecule has 2 rings (SSSR count). The monoisotopic (exact) mass is 249 g/mol. The van der Waals surface area contributed by atoms with Crippen LogP contribution in [-0.4, -0.2) is 12.4 Å². The largest absolute Gasteiger partial charge is 0.501 e. The number of nitrogens with two attached hydrogens (primary N) is 1. The number of benzene rings is 1. The highest BCUT2D eigenvalue weighted by molar-refractivity contribution is 7.99. The molecule has 1 aliphatic rings. The van der Waals surface area contributed by atoms with Crippen molar-refractivity contribution in [2.24, 2.45) is 5.73 Å². The van der Waals surface area contributed by atoms with E-state index in [1.54, 1.807) is 0 Å². The summed E-state index contributed by atoms with van der Waals surface area (Å²) in [5.41, 5.74) is 8.61. The van der Waals surface area contributed by atoms with Gasteiger partial charge in [0.15, 0.2) is 0 Å². The number of hydrogen-bond donors (Lipinski definition) is 1. The van der Waals surface area contributed by atoms with E-state index in [2.05, 4.69) is 31.2 Å². The third-order valence-electron chi connectivity index (χ3n) is 2.91. The first-order valence-electron chi connectivity index (χ1n) is 6.10. The SMILES string of the molecule is CCSc1ccc(C(N)C2=COCCC2)cc1. The van der Waals surface area contributed by atoms with Crippen molar-refractivity contribution in [1.29, 1.82) is 0 Å². The third kappa shape index (κ3) is 3.27. The maximum absolute atomic E-state index is 6.24. The van der Waals surface area contributed by atoms with Crippen molar-refractivity contribution in [1.82, 2.24) is 0 Å². The Hall–Kier alpha value is -0.930. The Bertz CT molecular complexity index is 386. The molecule has 0 aliphatic carbocycles. The maximum atomic E-state index is 6.24. The lowest BCUT2D eigenvalue weighted by atomic mass is 9.96. The lowest BCUT2D eigenvalue weighted by molar-refractivity contribution is 0.221. The fraction of sp³-hybridized carbons (Fsp3) is 0.429. The van der Waals surface area contributed by atoms with E-state index < -0.39 is 0 Å². The number of hydrogen-bond acceptors (Lipinski definition) is 3. The molecule has 0 spiro atoms.